The Bertz CT molecular complexity index is 829. The normalized spacial score (nSPS) is 14.6. The van der Waals surface area contributed by atoms with Crippen LogP contribution in [0.3, 0.4) is 0 Å². The molecule has 0 saturated carbocycles. The molecule has 1 amide bonds. The molecule has 0 spiro atoms. The molecule has 0 bridgehead atoms. The summed E-state index contributed by atoms with van der Waals surface area (Å²) in [6.07, 6.45) is 3.77. The molecule has 1 saturated heterocycles. The van der Waals surface area contributed by atoms with Crippen LogP contribution in [0.2, 0.25) is 0 Å². The fraction of sp³-hybridized carbons (Fsp3) is 0.500. The minimum absolute atomic E-state index is 0.117. The van der Waals surface area contributed by atoms with Gasteiger partial charge in [0.05, 0.1) is 12.8 Å². The number of para-hydroxylation sites is 2. The summed E-state index contributed by atoms with van der Waals surface area (Å²) in [4.78, 5) is 17.2. The summed E-state index contributed by atoms with van der Waals surface area (Å²) in [6.45, 7) is 9.64. The number of hydrogen-bond acceptors (Lipinski definition) is 4. The van der Waals surface area contributed by atoms with Crippen LogP contribution in [0, 0.1) is 0 Å². The number of unbranched alkanes of at least 4 members (excludes halogenated alkanes) is 2. The number of benzene rings is 2. The van der Waals surface area contributed by atoms with Gasteiger partial charge < -0.3 is 15.0 Å². The SMILES string of the molecule is COc1ccccc1N1CCN(CCCCCC(=O)Nc2cccc(C(C)C)c2)CC1. The van der Waals surface area contributed by atoms with Crippen molar-refractivity contribution in [2.45, 2.75) is 45.4 Å². The number of anilines is 2. The first-order chi connectivity index (χ1) is 15.1. The van der Waals surface area contributed by atoms with Crippen LogP contribution < -0.4 is 15.0 Å². The van der Waals surface area contributed by atoms with Crippen LogP contribution >= 0.6 is 0 Å². The van der Waals surface area contributed by atoms with Gasteiger partial charge in [-0.05, 0) is 55.1 Å². The first-order valence-corrected chi connectivity index (χ1v) is 11.6. The van der Waals surface area contributed by atoms with E-state index in [1.807, 2.05) is 24.3 Å². The quantitative estimate of drug-likeness (QED) is 0.538. The van der Waals surface area contributed by atoms with Crippen molar-refractivity contribution in [3.63, 3.8) is 0 Å². The van der Waals surface area contributed by atoms with Crippen LogP contribution in [0.1, 0.15) is 51.0 Å². The summed E-state index contributed by atoms with van der Waals surface area (Å²) in [7, 11) is 1.73. The molecule has 1 aliphatic rings. The first-order valence-electron chi connectivity index (χ1n) is 11.6. The van der Waals surface area contributed by atoms with Gasteiger partial charge >= 0.3 is 0 Å². The average molecular weight is 424 g/mol. The lowest BCUT2D eigenvalue weighted by atomic mass is 10.0. The molecule has 31 heavy (non-hydrogen) atoms. The third-order valence-electron chi connectivity index (χ3n) is 6.01. The van der Waals surface area contributed by atoms with Crippen molar-refractivity contribution in [1.29, 1.82) is 0 Å². The van der Waals surface area contributed by atoms with Crippen molar-refractivity contribution < 1.29 is 9.53 Å². The maximum Gasteiger partial charge on any atom is 0.224 e. The van der Waals surface area contributed by atoms with Gasteiger partial charge in [0.15, 0.2) is 0 Å². The van der Waals surface area contributed by atoms with E-state index in [0.29, 0.717) is 12.3 Å². The number of carbonyl (C=O) groups excluding carboxylic acids is 1. The van der Waals surface area contributed by atoms with Gasteiger partial charge in [-0.2, -0.15) is 0 Å². The molecule has 5 nitrogen and oxygen atoms in total. The molecule has 2 aromatic carbocycles. The number of carbonyl (C=O) groups is 1. The number of amides is 1. The fourth-order valence-corrected chi connectivity index (χ4v) is 4.10. The molecule has 5 heteroatoms. The van der Waals surface area contributed by atoms with Crippen LogP contribution in [0.4, 0.5) is 11.4 Å². The van der Waals surface area contributed by atoms with Crippen molar-refractivity contribution in [3.8, 4) is 5.75 Å². The first kappa shape index (κ1) is 23.1. The molecule has 1 aliphatic heterocycles. The zero-order valence-electron chi connectivity index (χ0n) is 19.3. The second-order valence-corrected chi connectivity index (χ2v) is 8.64. The van der Waals surface area contributed by atoms with Crippen molar-refractivity contribution in [1.82, 2.24) is 4.90 Å². The lowest BCUT2D eigenvalue weighted by molar-refractivity contribution is -0.116. The van der Waals surface area contributed by atoms with Gasteiger partial charge in [-0.3, -0.25) is 9.69 Å². The van der Waals surface area contributed by atoms with E-state index in [4.69, 9.17) is 4.74 Å². The van der Waals surface area contributed by atoms with Crippen molar-refractivity contribution >= 4 is 17.3 Å². The molecule has 0 aliphatic carbocycles. The summed E-state index contributed by atoms with van der Waals surface area (Å²) in [5, 5.41) is 3.04. The number of ether oxygens (including phenoxy) is 1. The third-order valence-corrected chi connectivity index (χ3v) is 6.01. The van der Waals surface area contributed by atoms with Crippen molar-refractivity contribution in [2.24, 2.45) is 0 Å². The zero-order chi connectivity index (χ0) is 22.1. The minimum Gasteiger partial charge on any atom is -0.495 e. The van der Waals surface area contributed by atoms with E-state index >= 15 is 0 Å². The van der Waals surface area contributed by atoms with Crippen LogP contribution in [0.15, 0.2) is 48.5 Å². The van der Waals surface area contributed by atoms with Gasteiger partial charge in [-0.15, -0.1) is 0 Å². The van der Waals surface area contributed by atoms with Gasteiger partial charge in [0.25, 0.3) is 0 Å². The Hall–Kier alpha value is -2.53. The Morgan fingerprint density at radius 2 is 1.77 bits per heavy atom. The van der Waals surface area contributed by atoms with E-state index in [9.17, 15) is 4.79 Å². The number of methoxy groups -OCH3 is 1. The third kappa shape index (κ3) is 7.00. The molecule has 2 aromatic rings. The summed E-state index contributed by atoms with van der Waals surface area (Å²) in [5.41, 5.74) is 3.35. The van der Waals surface area contributed by atoms with Gasteiger partial charge in [-0.25, -0.2) is 0 Å². The molecule has 0 aromatic heterocycles. The largest absolute Gasteiger partial charge is 0.495 e. The van der Waals surface area contributed by atoms with Gasteiger partial charge in [0.1, 0.15) is 5.75 Å². The van der Waals surface area contributed by atoms with Crippen molar-refractivity contribution in [2.75, 3.05) is 50.1 Å². The number of rotatable bonds is 10. The molecule has 168 valence electrons. The van der Waals surface area contributed by atoms with Crippen LogP contribution in [-0.2, 0) is 4.79 Å². The molecule has 1 N–H and O–H groups in total. The second kappa shape index (κ2) is 11.8. The molecular weight excluding hydrogens is 386 g/mol. The van der Waals surface area contributed by atoms with E-state index in [-0.39, 0.29) is 5.91 Å². The molecule has 0 radical (unpaired) electrons. The Kier molecular flexibility index (Phi) is 8.77. The predicted octanol–water partition coefficient (Wildman–Crippen LogP) is 5.14. The maximum atomic E-state index is 12.2. The summed E-state index contributed by atoms with van der Waals surface area (Å²) >= 11 is 0. The highest BCUT2D eigenvalue weighted by Crippen LogP contribution is 2.28. The standard InChI is InChI=1S/C26H37N3O2/c1-21(2)22-10-9-11-23(20-22)27-26(30)14-5-4-8-15-28-16-18-29(19-17-28)24-12-6-7-13-25(24)31-3/h6-7,9-13,20-21H,4-5,8,14-19H2,1-3H3,(H,27,30). The Morgan fingerprint density at radius 1 is 1.00 bits per heavy atom. The highest BCUT2D eigenvalue weighted by atomic mass is 16.5. The topological polar surface area (TPSA) is 44.8 Å². The number of nitrogens with zero attached hydrogens (tertiary/aromatic N) is 2. The Balaban J connectivity index is 1.30. The molecule has 3 rings (SSSR count). The monoisotopic (exact) mass is 423 g/mol. The van der Waals surface area contributed by atoms with E-state index in [1.54, 1.807) is 7.11 Å². The predicted molar refractivity (Wildman–Crippen MR) is 129 cm³/mol. The number of hydrogen-bond donors (Lipinski definition) is 1. The average Bonchev–Trinajstić information content (AvgIpc) is 2.79. The van der Waals surface area contributed by atoms with Crippen molar-refractivity contribution in [3.05, 3.63) is 54.1 Å². The molecule has 0 atom stereocenters. The van der Waals surface area contributed by atoms with E-state index in [0.717, 1.165) is 63.4 Å². The van der Waals surface area contributed by atoms with E-state index < -0.39 is 0 Å². The van der Waals surface area contributed by atoms with Crippen LogP contribution in [-0.4, -0.2) is 50.6 Å². The lowest BCUT2D eigenvalue weighted by Crippen LogP contribution is -2.46. The Labute approximate surface area is 187 Å². The minimum atomic E-state index is 0.117. The smallest absolute Gasteiger partial charge is 0.224 e. The lowest BCUT2D eigenvalue weighted by Gasteiger charge is -2.36. The molecular formula is C26H37N3O2. The Morgan fingerprint density at radius 3 is 2.52 bits per heavy atom. The van der Waals surface area contributed by atoms with Gasteiger partial charge in [0.2, 0.25) is 5.91 Å². The van der Waals surface area contributed by atoms with Crippen LogP contribution in [0.5, 0.6) is 5.75 Å². The van der Waals surface area contributed by atoms with E-state index in [1.165, 1.54) is 11.3 Å². The summed E-state index contributed by atoms with van der Waals surface area (Å²) in [5.74, 6) is 1.53. The van der Waals surface area contributed by atoms with Gasteiger partial charge in [0, 0.05) is 38.3 Å². The summed E-state index contributed by atoms with van der Waals surface area (Å²) in [6, 6.07) is 16.4. The molecule has 0 unspecified atom stereocenters. The maximum absolute atomic E-state index is 12.2. The number of nitrogens with one attached hydrogen (secondary N) is 1. The zero-order valence-corrected chi connectivity index (χ0v) is 19.3. The highest BCUT2D eigenvalue weighted by Gasteiger charge is 2.19. The summed E-state index contributed by atoms with van der Waals surface area (Å²) < 4.78 is 5.50. The number of piperazine rings is 1. The van der Waals surface area contributed by atoms with E-state index in [2.05, 4.69) is 53.2 Å². The molecule has 1 fully saturated rings. The second-order valence-electron chi connectivity index (χ2n) is 8.64. The van der Waals surface area contributed by atoms with Crippen LogP contribution in [0.25, 0.3) is 0 Å². The molecule has 1 heterocycles. The highest BCUT2D eigenvalue weighted by molar-refractivity contribution is 5.90. The van der Waals surface area contributed by atoms with Gasteiger partial charge in [-0.1, -0.05) is 44.5 Å². The fourth-order valence-electron chi connectivity index (χ4n) is 4.10.